The maximum absolute atomic E-state index is 12.9. The van der Waals surface area contributed by atoms with Crippen molar-refractivity contribution in [3.63, 3.8) is 0 Å². The number of hydrogen-bond acceptors (Lipinski definition) is 1. The summed E-state index contributed by atoms with van der Waals surface area (Å²) in [5, 5.41) is 1.34. The highest BCUT2D eigenvalue weighted by Crippen LogP contribution is 2.24. The Bertz CT molecular complexity index is 761. The fourth-order valence-electron chi connectivity index (χ4n) is 2.04. The Balaban J connectivity index is 2.11. The van der Waals surface area contributed by atoms with Crippen molar-refractivity contribution in [2.24, 2.45) is 0 Å². The number of benzene rings is 2. The summed E-state index contributed by atoms with van der Waals surface area (Å²) < 4.78 is 12.9. The molecule has 3 aromatic rings. The lowest BCUT2D eigenvalue weighted by atomic mass is 10.0. The molecule has 2 aromatic carbocycles. The van der Waals surface area contributed by atoms with Gasteiger partial charge in [-0.1, -0.05) is 11.6 Å². The SMILES string of the molecule is O=C(c1ccc(F)cc1)c1c[nH]c2ccc(Cl)cc12. The average Bonchev–Trinajstić information content (AvgIpc) is 2.81. The summed E-state index contributed by atoms with van der Waals surface area (Å²) in [5.41, 5.74) is 1.82. The van der Waals surface area contributed by atoms with Crippen LogP contribution in [0, 0.1) is 5.82 Å². The molecular formula is C15H9ClFNO. The van der Waals surface area contributed by atoms with E-state index in [1.165, 1.54) is 24.3 Å². The third kappa shape index (κ3) is 2.13. The first-order valence-electron chi connectivity index (χ1n) is 5.72. The zero-order chi connectivity index (χ0) is 13.4. The maximum atomic E-state index is 12.9. The van der Waals surface area contributed by atoms with Crippen molar-refractivity contribution in [2.75, 3.05) is 0 Å². The number of aromatic amines is 1. The summed E-state index contributed by atoms with van der Waals surface area (Å²) in [5.74, 6) is -0.521. The minimum Gasteiger partial charge on any atom is -0.360 e. The lowest BCUT2D eigenvalue weighted by molar-refractivity contribution is 0.104. The molecule has 1 N–H and O–H groups in total. The highest BCUT2D eigenvalue weighted by atomic mass is 35.5. The van der Waals surface area contributed by atoms with Crippen LogP contribution in [0.15, 0.2) is 48.7 Å². The van der Waals surface area contributed by atoms with E-state index in [2.05, 4.69) is 4.98 Å². The van der Waals surface area contributed by atoms with Crippen LogP contribution < -0.4 is 0 Å². The van der Waals surface area contributed by atoms with Gasteiger partial charge in [0.05, 0.1) is 0 Å². The molecule has 0 fully saturated rings. The molecule has 19 heavy (non-hydrogen) atoms. The smallest absolute Gasteiger partial charge is 0.195 e. The van der Waals surface area contributed by atoms with E-state index in [1.807, 2.05) is 6.07 Å². The molecule has 0 saturated heterocycles. The van der Waals surface area contributed by atoms with Gasteiger partial charge in [-0.3, -0.25) is 4.79 Å². The van der Waals surface area contributed by atoms with Gasteiger partial charge in [-0.25, -0.2) is 4.39 Å². The number of rotatable bonds is 2. The monoisotopic (exact) mass is 273 g/mol. The number of halogens is 2. The van der Waals surface area contributed by atoms with E-state index in [-0.39, 0.29) is 11.6 Å². The standard InChI is InChI=1S/C15H9ClFNO/c16-10-3-6-14-12(7-10)13(8-18-14)15(19)9-1-4-11(17)5-2-9/h1-8,18H. The molecular weight excluding hydrogens is 265 g/mol. The number of carbonyl (C=O) groups excluding carboxylic acids is 1. The summed E-state index contributed by atoms with van der Waals surface area (Å²) in [6.07, 6.45) is 1.65. The van der Waals surface area contributed by atoms with Gasteiger partial charge in [0.2, 0.25) is 0 Å². The third-order valence-electron chi connectivity index (χ3n) is 2.99. The molecule has 0 aliphatic heterocycles. The van der Waals surface area contributed by atoms with Crippen LogP contribution in [-0.2, 0) is 0 Å². The van der Waals surface area contributed by atoms with Gasteiger partial charge >= 0.3 is 0 Å². The number of nitrogens with one attached hydrogen (secondary N) is 1. The van der Waals surface area contributed by atoms with Crippen LogP contribution in [0.3, 0.4) is 0 Å². The first kappa shape index (κ1) is 11.9. The molecule has 0 spiro atoms. The van der Waals surface area contributed by atoms with Crippen LogP contribution in [0.1, 0.15) is 15.9 Å². The minimum absolute atomic E-state index is 0.159. The second-order valence-electron chi connectivity index (χ2n) is 4.23. The van der Waals surface area contributed by atoms with E-state index in [1.54, 1.807) is 18.3 Å². The molecule has 94 valence electrons. The molecule has 0 bridgehead atoms. The Kier molecular flexibility index (Phi) is 2.84. The van der Waals surface area contributed by atoms with Crippen LogP contribution in [0.25, 0.3) is 10.9 Å². The molecule has 0 aliphatic rings. The van der Waals surface area contributed by atoms with Crippen LogP contribution >= 0.6 is 11.6 Å². The third-order valence-corrected chi connectivity index (χ3v) is 3.23. The lowest BCUT2D eigenvalue weighted by Crippen LogP contribution is -2.00. The summed E-state index contributed by atoms with van der Waals surface area (Å²) >= 11 is 5.94. The molecule has 0 radical (unpaired) electrons. The second-order valence-corrected chi connectivity index (χ2v) is 4.66. The first-order valence-corrected chi connectivity index (χ1v) is 6.10. The first-order chi connectivity index (χ1) is 9.15. The summed E-state index contributed by atoms with van der Waals surface area (Å²) in [6, 6.07) is 10.8. The highest BCUT2D eigenvalue weighted by molar-refractivity contribution is 6.31. The van der Waals surface area contributed by atoms with Gasteiger partial charge in [0.15, 0.2) is 5.78 Å². The van der Waals surface area contributed by atoms with Crippen molar-refractivity contribution in [1.82, 2.24) is 4.98 Å². The Morgan fingerprint density at radius 3 is 2.58 bits per heavy atom. The van der Waals surface area contributed by atoms with Crippen LogP contribution in [0.5, 0.6) is 0 Å². The average molecular weight is 274 g/mol. The van der Waals surface area contributed by atoms with E-state index in [9.17, 15) is 9.18 Å². The van der Waals surface area contributed by atoms with Crippen LogP contribution in [-0.4, -0.2) is 10.8 Å². The fraction of sp³-hybridized carbons (Fsp3) is 0. The van der Waals surface area contributed by atoms with Gasteiger partial charge in [-0.2, -0.15) is 0 Å². The molecule has 3 rings (SSSR count). The quantitative estimate of drug-likeness (QED) is 0.698. The Labute approximate surface area is 113 Å². The molecule has 0 aliphatic carbocycles. The molecule has 0 amide bonds. The van der Waals surface area contributed by atoms with Gasteiger partial charge < -0.3 is 4.98 Å². The highest BCUT2D eigenvalue weighted by Gasteiger charge is 2.14. The molecule has 2 nitrogen and oxygen atoms in total. The van der Waals surface area contributed by atoms with Gasteiger partial charge in [-0.05, 0) is 42.5 Å². The predicted molar refractivity (Wildman–Crippen MR) is 73.1 cm³/mol. The maximum Gasteiger partial charge on any atom is 0.195 e. The van der Waals surface area contributed by atoms with Crippen molar-refractivity contribution in [2.45, 2.75) is 0 Å². The van der Waals surface area contributed by atoms with Crippen LogP contribution in [0.4, 0.5) is 4.39 Å². The topological polar surface area (TPSA) is 32.9 Å². The number of aromatic nitrogens is 1. The van der Waals surface area contributed by atoms with E-state index in [0.717, 1.165) is 10.9 Å². The molecule has 4 heteroatoms. The van der Waals surface area contributed by atoms with Crippen molar-refractivity contribution < 1.29 is 9.18 Å². The zero-order valence-electron chi connectivity index (χ0n) is 9.78. The Hall–Kier alpha value is -2.13. The predicted octanol–water partition coefficient (Wildman–Crippen LogP) is 4.19. The number of ketones is 1. The van der Waals surface area contributed by atoms with Crippen molar-refractivity contribution in [3.05, 3.63) is 70.6 Å². The van der Waals surface area contributed by atoms with Crippen LogP contribution in [0.2, 0.25) is 5.02 Å². The number of carbonyl (C=O) groups is 1. The van der Waals surface area contributed by atoms with E-state index in [0.29, 0.717) is 16.1 Å². The van der Waals surface area contributed by atoms with E-state index >= 15 is 0 Å². The molecule has 1 aromatic heterocycles. The van der Waals surface area contributed by atoms with Gasteiger partial charge in [0.25, 0.3) is 0 Å². The minimum atomic E-state index is -0.362. The Morgan fingerprint density at radius 2 is 1.84 bits per heavy atom. The molecule has 0 unspecified atom stereocenters. The summed E-state index contributed by atoms with van der Waals surface area (Å²) in [4.78, 5) is 15.4. The Morgan fingerprint density at radius 1 is 1.11 bits per heavy atom. The lowest BCUT2D eigenvalue weighted by Gasteiger charge is -2.00. The fourth-order valence-corrected chi connectivity index (χ4v) is 2.21. The largest absolute Gasteiger partial charge is 0.360 e. The number of hydrogen-bond donors (Lipinski definition) is 1. The van der Waals surface area contributed by atoms with Crippen molar-refractivity contribution in [1.29, 1.82) is 0 Å². The van der Waals surface area contributed by atoms with Crippen molar-refractivity contribution in [3.8, 4) is 0 Å². The van der Waals surface area contributed by atoms with Gasteiger partial charge in [-0.15, -0.1) is 0 Å². The van der Waals surface area contributed by atoms with Gasteiger partial charge in [0.1, 0.15) is 5.82 Å². The normalized spacial score (nSPS) is 10.8. The zero-order valence-corrected chi connectivity index (χ0v) is 10.5. The number of H-pyrrole nitrogens is 1. The summed E-state index contributed by atoms with van der Waals surface area (Å²) in [7, 11) is 0. The summed E-state index contributed by atoms with van der Waals surface area (Å²) in [6.45, 7) is 0. The van der Waals surface area contributed by atoms with E-state index in [4.69, 9.17) is 11.6 Å². The number of fused-ring (bicyclic) bond motifs is 1. The molecule has 1 heterocycles. The van der Waals surface area contributed by atoms with E-state index < -0.39 is 0 Å². The molecule has 0 saturated carbocycles. The van der Waals surface area contributed by atoms with Gasteiger partial charge in [0, 0.05) is 33.2 Å². The molecule has 0 atom stereocenters. The second kappa shape index (κ2) is 4.52. The van der Waals surface area contributed by atoms with Crippen molar-refractivity contribution >= 4 is 28.3 Å².